The van der Waals surface area contributed by atoms with Gasteiger partial charge in [0.1, 0.15) is 5.75 Å². The number of aromatic nitrogens is 2. The van der Waals surface area contributed by atoms with Gasteiger partial charge in [-0.3, -0.25) is 18.7 Å². The molecule has 110 valence electrons. The second-order valence-electron chi connectivity index (χ2n) is 4.73. The van der Waals surface area contributed by atoms with Crippen LogP contribution in [0.3, 0.4) is 0 Å². The number of carbonyl (C=O) groups excluding carboxylic acids is 1. The average Bonchev–Trinajstić information content (AvgIpc) is 2.47. The Hall–Kier alpha value is -2.63. The van der Waals surface area contributed by atoms with Crippen molar-refractivity contribution in [3.05, 3.63) is 62.4 Å². The first kappa shape index (κ1) is 14.8. The van der Waals surface area contributed by atoms with Gasteiger partial charge >= 0.3 is 5.69 Å². The van der Waals surface area contributed by atoms with Gasteiger partial charge in [-0.1, -0.05) is 12.1 Å². The van der Waals surface area contributed by atoms with Gasteiger partial charge in [-0.05, 0) is 24.6 Å². The molecule has 0 amide bonds. The van der Waals surface area contributed by atoms with Crippen LogP contribution in [0, 0.1) is 0 Å². The van der Waals surface area contributed by atoms with Gasteiger partial charge in [0.05, 0.1) is 19.2 Å². The highest BCUT2D eigenvalue weighted by Gasteiger charge is 2.12. The Morgan fingerprint density at radius 1 is 1.29 bits per heavy atom. The summed E-state index contributed by atoms with van der Waals surface area (Å²) in [6, 6.07) is 7.25. The molecule has 0 N–H and O–H groups in total. The summed E-state index contributed by atoms with van der Waals surface area (Å²) < 4.78 is 7.41. The predicted octanol–water partition coefficient (Wildman–Crippen LogP) is 0.806. The number of methoxy groups -OCH3 is 1. The van der Waals surface area contributed by atoms with E-state index in [-0.39, 0.29) is 17.9 Å². The van der Waals surface area contributed by atoms with E-state index in [1.807, 2.05) is 12.1 Å². The highest BCUT2D eigenvalue weighted by Crippen LogP contribution is 2.13. The quantitative estimate of drug-likeness (QED) is 0.781. The molecule has 0 spiro atoms. The molecule has 6 heteroatoms. The second-order valence-corrected chi connectivity index (χ2v) is 4.73. The van der Waals surface area contributed by atoms with Crippen LogP contribution in [0.2, 0.25) is 0 Å². The Kier molecular flexibility index (Phi) is 4.07. The van der Waals surface area contributed by atoms with Crippen LogP contribution < -0.4 is 16.0 Å². The van der Waals surface area contributed by atoms with Crippen molar-refractivity contribution in [3.8, 4) is 5.75 Å². The predicted molar refractivity (Wildman–Crippen MR) is 78.0 cm³/mol. The molecule has 0 unspecified atom stereocenters. The van der Waals surface area contributed by atoms with Crippen molar-refractivity contribution in [3.63, 3.8) is 0 Å². The molecular weight excluding hydrogens is 272 g/mol. The molecule has 2 aromatic rings. The van der Waals surface area contributed by atoms with Crippen molar-refractivity contribution in [2.75, 3.05) is 7.11 Å². The maximum absolute atomic E-state index is 12.1. The first-order valence-electron chi connectivity index (χ1n) is 6.38. The molecule has 0 saturated carbocycles. The monoisotopic (exact) mass is 288 g/mol. The molecule has 0 saturated heterocycles. The van der Waals surface area contributed by atoms with E-state index in [0.29, 0.717) is 5.75 Å². The number of nitrogens with zero attached hydrogens (tertiary/aromatic N) is 2. The molecule has 0 atom stereocenters. The third kappa shape index (κ3) is 2.94. The van der Waals surface area contributed by atoms with Gasteiger partial charge in [-0.2, -0.15) is 0 Å². The summed E-state index contributed by atoms with van der Waals surface area (Å²) in [5.74, 6) is 0.312. The number of hydrogen-bond donors (Lipinski definition) is 0. The molecule has 0 radical (unpaired) electrons. The van der Waals surface area contributed by atoms with Crippen LogP contribution in [0.25, 0.3) is 0 Å². The van der Waals surface area contributed by atoms with Gasteiger partial charge in [0.25, 0.3) is 5.56 Å². The van der Waals surface area contributed by atoms with E-state index in [0.717, 1.165) is 10.1 Å². The summed E-state index contributed by atoms with van der Waals surface area (Å²) in [5.41, 5.74) is -0.202. The van der Waals surface area contributed by atoms with Crippen LogP contribution in [0.1, 0.15) is 22.8 Å². The van der Waals surface area contributed by atoms with Crippen LogP contribution in [0.4, 0.5) is 0 Å². The minimum Gasteiger partial charge on any atom is -0.497 e. The number of Topliss-reactive ketones (excluding diaryl/α,β-unsaturated/α-hetero) is 1. The molecule has 1 heterocycles. The van der Waals surface area contributed by atoms with Gasteiger partial charge in [-0.25, -0.2) is 4.79 Å². The zero-order chi connectivity index (χ0) is 15.6. The van der Waals surface area contributed by atoms with Crippen LogP contribution in [0.5, 0.6) is 5.75 Å². The van der Waals surface area contributed by atoms with E-state index in [4.69, 9.17) is 4.74 Å². The SMILES string of the molecule is COc1cccc(Cn2cc(C(C)=O)c(=O)n(C)c2=O)c1. The van der Waals surface area contributed by atoms with Crippen molar-refractivity contribution >= 4 is 5.78 Å². The van der Waals surface area contributed by atoms with Gasteiger partial charge in [0.2, 0.25) is 0 Å². The minimum atomic E-state index is -0.575. The van der Waals surface area contributed by atoms with Gasteiger partial charge in [0.15, 0.2) is 5.78 Å². The number of hydrogen-bond acceptors (Lipinski definition) is 4. The first-order valence-corrected chi connectivity index (χ1v) is 6.38. The summed E-state index contributed by atoms with van der Waals surface area (Å²) in [4.78, 5) is 35.4. The molecule has 21 heavy (non-hydrogen) atoms. The summed E-state index contributed by atoms with van der Waals surface area (Å²) in [6.45, 7) is 1.56. The van der Waals surface area contributed by atoms with Crippen molar-refractivity contribution in [2.24, 2.45) is 7.05 Å². The topological polar surface area (TPSA) is 70.3 Å². The van der Waals surface area contributed by atoms with Gasteiger partial charge in [-0.15, -0.1) is 0 Å². The molecule has 0 aliphatic rings. The van der Waals surface area contributed by atoms with Crippen LogP contribution in [-0.2, 0) is 13.6 Å². The summed E-state index contributed by atoms with van der Waals surface area (Å²) in [5, 5.41) is 0. The van der Waals surface area contributed by atoms with E-state index in [1.54, 1.807) is 19.2 Å². The number of ketones is 1. The zero-order valence-electron chi connectivity index (χ0n) is 12.1. The molecule has 0 bridgehead atoms. The highest BCUT2D eigenvalue weighted by atomic mass is 16.5. The lowest BCUT2D eigenvalue weighted by Gasteiger charge is -2.10. The molecule has 0 aliphatic heterocycles. The van der Waals surface area contributed by atoms with Crippen LogP contribution >= 0.6 is 0 Å². The maximum Gasteiger partial charge on any atom is 0.331 e. The van der Waals surface area contributed by atoms with Crippen molar-refractivity contribution < 1.29 is 9.53 Å². The third-order valence-electron chi connectivity index (χ3n) is 3.22. The first-order chi connectivity index (χ1) is 9.93. The Morgan fingerprint density at radius 3 is 2.62 bits per heavy atom. The Labute approximate surface area is 121 Å². The molecule has 6 nitrogen and oxygen atoms in total. The standard InChI is InChI=1S/C15H16N2O4/c1-10(18)13-9-17(15(20)16(2)14(13)19)8-11-5-4-6-12(7-11)21-3/h4-7,9H,8H2,1-3H3. The van der Waals surface area contributed by atoms with E-state index >= 15 is 0 Å². The molecule has 0 fully saturated rings. The second kappa shape index (κ2) is 5.78. The fourth-order valence-corrected chi connectivity index (χ4v) is 2.05. The average molecular weight is 288 g/mol. The lowest BCUT2D eigenvalue weighted by atomic mass is 10.2. The molecule has 2 rings (SSSR count). The van der Waals surface area contributed by atoms with E-state index in [9.17, 15) is 14.4 Å². The Morgan fingerprint density at radius 2 is 2.00 bits per heavy atom. The summed E-state index contributed by atoms with van der Waals surface area (Å²) in [7, 11) is 2.92. The summed E-state index contributed by atoms with van der Waals surface area (Å²) >= 11 is 0. The van der Waals surface area contributed by atoms with Crippen molar-refractivity contribution in [2.45, 2.75) is 13.5 Å². The number of carbonyl (C=O) groups is 1. The molecule has 1 aromatic heterocycles. The number of benzene rings is 1. The van der Waals surface area contributed by atoms with E-state index < -0.39 is 11.2 Å². The maximum atomic E-state index is 12.1. The van der Waals surface area contributed by atoms with E-state index in [1.165, 1.54) is 24.7 Å². The molecule has 0 aliphatic carbocycles. The lowest BCUT2D eigenvalue weighted by molar-refractivity contribution is 0.101. The van der Waals surface area contributed by atoms with Crippen molar-refractivity contribution in [1.29, 1.82) is 0 Å². The lowest BCUT2D eigenvalue weighted by Crippen LogP contribution is -2.40. The molecular formula is C15H16N2O4. The number of rotatable bonds is 4. The third-order valence-corrected chi connectivity index (χ3v) is 3.22. The van der Waals surface area contributed by atoms with Crippen molar-refractivity contribution in [1.82, 2.24) is 9.13 Å². The molecule has 1 aromatic carbocycles. The number of ether oxygens (including phenoxy) is 1. The largest absolute Gasteiger partial charge is 0.497 e. The zero-order valence-corrected chi connectivity index (χ0v) is 12.1. The Balaban J connectivity index is 2.51. The normalized spacial score (nSPS) is 10.4. The fraction of sp³-hybridized carbons (Fsp3) is 0.267. The van der Waals surface area contributed by atoms with Gasteiger partial charge in [0, 0.05) is 13.2 Å². The Bertz CT molecular complexity index is 802. The summed E-state index contributed by atoms with van der Waals surface area (Å²) in [6.07, 6.45) is 1.31. The highest BCUT2D eigenvalue weighted by molar-refractivity contribution is 5.93. The van der Waals surface area contributed by atoms with Crippen LogP contribution in [0.15, 0.2) is 40.1 Å². The fourth-order valence-electron chi connectivity index (χ4n) is 2.05. The van der Waals surface area contributed by atoms with Crippen LogP contribution in [-0.4, -0.2) is 22.0 Å². The van der Waals surface area contributed by atoms with Gasteiger partial charge < -0.3 is 4.74 Å². The van der Waals surface area contributed by atoms with E-state index in [2.05, 4.69) is 0 Å². The smallest absolute Gasteiger partial charge is 0.331 e. The minimum absolute atomic E-state index is 0.00000360.